The Kier molecular flexibility index (Phi) is 7.75. The Morgan fingerprint density at radius 2 is 1.79 bits per heavy atom. The van der Waals surface area contributed by atoms with Gasteiger partial charge in [-0.05, 0) is 63.6 Å². The molecule has 0 aliphatic heterocycles. The summed E-state index contributed by atoms with van der Waals surface area (Å²) in [7, 11) is -3.80. The summed E-state index contributed by atoms with van der Waals surface area (Å²) in [6, 6.07) is 12.6. The standard InChI is InChI=1S/C24H26Cl2N4O3S/c1-15-6-9-22(16(2)10-15)30-17(3)11-19(18(30)4)13-27-28-24(31)14-29(34(5,32)33)23-12-20(25)7-8-21(23)26/h6-13H,14H2,1-5H3,(H,28,31)/b27-13-. The normalized spacial score (nSPS) is 11.7. The van der Waals surface area contributed by atoms with Crippen molar-refractivity contribution in [2.24, 2.45) is 5.10 Å². The van der Waals surface area contributed by atoms with Crippen LogP contribution >= 0.6 is 23.2 Å². The zero-order valence-corrected chi connectivity index (χ0v) is 21.9. The molecule has 0 bridgehead atoms. The molecule has 0 fully saturated rings. The van der Waals surface area contributed by atoms with E-state index in [4.69, 9.17) is 23.2 Å². The molecule has 0 saturated carbocycles. The molecule has 10 heteroatoms. The molecule has 0 atom stereocenters. The van der Waals surface area contributed by atoms with E-state index >= 15 is 0 Å². The van der Waals surface area contributed by atoms with Crippen LogP contribution in [0.1, 0.15) is 28.1 Å². The summed E-state index contributed by atoms with van der Waals surface area (Å²) in [5.41, 5.74) is 8.74. The molecule has 2 aromatic carbocycles. The number of hydrazone groups is 1. The lowest BCUT2D eigenvalue weighted by molar-refractivity contribution is -0.119. The number of carbonyl (C=O) groups is 1. The van der Waals surface area contributed by atoms with E-state index in [2.05, 4.69) is 47.1 Å². The predicted octanol–water partition coefficient (Wildman–Crippen LogP) is 4.93. The molecule has 0 saturated heterocycles. The lowest BCUT2D eigenvalue weighted by Gasteiger charge is -2.22. The lowest BCUT2D eigenvalue weighted by Crippen LogP contribution is -2.39. The van der Waals surface area contributed by atoms with Gasteiger partial charge in [0.1, 0.15) is 6.54 Å². The molecule has 7 nitrogen and oxygen atoms in total. The summed E-state index contributed by atoms with van der Waals surface area (Å²) >= 11 is 12.1. The first-order valence-corrected chi connectivity index (χ1v) is 13.0. The van der Waals surface area contributed by atoms with Gasteiger partial charge in [-0.1, -0.05) is 40.9 Å². The fraction of sp³-hybridized carbons (Fsp3) is 0.250. The van der Waals surface area contributed by atoms with Crippen LogP contribution in [0.5, 0.6) is 0 Å². The molecule has 0 aliphatic rings. The van der Waals surface area contributed by atoms with Crippen LogP contribution in [-0.4, -0.2) is 37.9 Å². The number of aryl methyl sites for hydroxylation is 3. The molecular weight excluding hydrogens is 495 g/mol. The Labute approximate surface area is 210 Å². The second-order valence-electron chi connectivity index (χ2n) is 8.11. The zero-order valence-electron chi connectivity index (χ0n) is 19.6. The van der Waals surface area contributed by atoms with Crippen LogP contribution in [-0.2, 0) is 14.8 Å². The molecular formula is C24H26Cl2N4O3S. The number of hydrogen-bond donors (Lipinski definition) is 1. The van der Waals surface area contributed by atoms with E-state index < -0.39 is 22.5 Å². The number of anilines is 1. The topological polar surface area (TPSA) is 83.8 Å². The number of hydrogen-bond acceptors (Lipinski definition) is 4. The number of benzene rings is 2. The van der Waals surface area contributed by atoms with Gasteiger partial charge >= 0.3 is 0 Å². The molecule has 1 heterocycles. The SMILES string of the molecule is Cc1ccc(-n2c(C)cc(/C=N\NC(=O)CN(c3cc(Cl)ccc3Cl)S(C)(=O)=O)c2C)c(C)c1. The molecule has 34 heavy (non-hydrogen) atoms. The third kappa shape index (κ3) is 5.81. The minimum absolute atomic E-state index is 0.118. The Morgan fingerprint density at radius 1 is 1.09 bits per heavy atom. The summed E-state index contributed by atoms with van der Waals surface area (Å²) < 4.78 is 27.6. The van der Waals surface area contributed by atoms with Gasteiger partial charge < -0.3 is 4.57 Å². The van der Waals surface area contributed by atoms with Crippen LogP contribution < -0.4 is 9.73 Å². The summed E-state index contributed by atoms with van der Waals surface area (Å²) in [4.78, 5) is 12.5. The van der Waals surface area contributed by atoms with Crippen molar-refractivity contribution in [3.8, 4) is 5.69 Å². The molecule has 3 rings (SSSR count). The van der Waals surface area contributed by atoms with Crippen molar-refractivity contribution in [3.63, 3.8) is 0 Å². The third-order valence-corrected chi connectivity index (χ3v) is 7.00. The monoisotopic (exact) mass is 520 g/mol. The van der Waals surface area contributed by atoms with Crippen molar-refractivity contribution in [2.75, 3.05) is 17.1 Å². The van der Waals surface area contributed by atoms with E-state index in [-0.39, 0.29) is 10.7 Å². The highest BCUT2D eigenvalue weighted by Crippen LogP contribution is 2.30. The Morgan fingerprint density at radius 3 is 2.44 bits per heavy atom. The Balaban J connectivity index is 1.79. The maximum Gasteiger partial charge on any atom is 0.260 e. The lowest BCUT2D eigenvalue weighted by atomic mass is 10.1. The predicted molar refractivity (Wildman–Crippen MR) is 139 cm³/mol. The molecule has 3 aromatic rings. The minimum Gasteiger partial charge on any atom is -0.318 e. The molecule has 0 spiro atoms. The first-order chi connectivity index (χ1) is 15.9. The van der Waals surface area contributed by atoms with Gasteiger partial charge in [0.15, 0.2) is 0 Å². The van der Waals surface area contributed by atoms with Crippen LogP contribution in [0.25, 0.3) is 5.69 Å². The van der Waals surface area contributed by atoms with Gasteiger partial charge in [0.05, 0.1) is 23.2 Å². The van der Waals surface area contributed by atoms with Crippen molar-refractivity contribution < 1.29 is 13.2 Å². The highest BCUT2D eigenvalue weighted by molar-refractivity contribution is 7.92. The largest absolute Gasteiger partial charge is 0.318 e. The van der Waals surface area contributed by atoms with E-state index in [1.165, 1.54) is 30.0 Å². The second kappa shape index (κ2) is 10.2. The van der Waals surface area contributed by atoms with Crippen molar-refractivity contribution >= 4 is 51.0 Å². The number of sulfonamides is 1. The highest BCUT2D eigenvalue weighted by atomic mass is 35.5. The number of aromatic nitrogens is 1. The molecule has 180 valence electrons. The molecule has 0 radical (unpaired) electrons. The molecule has 0 unspecified atom stereocenters. The van der Waals surface area contributed by atoms with Gasteiger partial charge in [-0.25, -0.2) is 13.8 Å². The smallest absolute Gasteiger partial charge is 0.260 e. The number of amides is 1. The van der Waals surface area contributed by atoms with Crippen molar-refractivity contribution in [3.05, 3.63) is 80.6 Å². The van der Waals surface area contributed by atoms with E-state index in [1.54, 1.807) is 0 Å². The Hall–Kier alpha value is -2.81. The van der Waals surface area contributed by atoms with Crippen molar-refractivity contribution in [1.29, 1.82) is 0 Å². The maximum atomic E-state index is 12.5. The number of halogens is 2. The summed E-state index contributed by atoms with van der Waals surface area (Å²) in [6.07, 6.45) is 2.53. The van der Waals surface area contributed by atoms with Gasteiger partial charge in [-0.3, -0.25) is 9.10 Å². The summed E-state index contributed by atoms with van der Waals surface area (Å²) in [6.45, 7) is 7.59. The van der Waals surface area contributed by atoms with Gasteiger partial charge in [-0.15, -0.1) is 0 Å². The summed E-state index contributed by atoms with van der Waals surface area (Å²) in [5.74, 6) is -0.624. The van der Waals surface area contributed by atoms with Crippen molar-refractivity contribution in [1.82, 2.24) is 9.99 Å². The first-order valence-electron chi connectivity index (χ1n) is 10.4. The van der Waals surface area contributed by atoms with Gasteiger partial charge in [0.25, 0.3) is 5.91 Å². The number of rotatable bonds is 7. The van der Waals surface area contributed by atoms with Crippen LogP contribution in [0.2, 0.25) is 10.0 Å². The average Bonchev–Trinajstić information content (AvgIpc) is 3.01. The van der Waals surface area contributed by atoms with Gasteiger partial charge in [0.2, 0.25) is 10.0 Å². The second-order valence-corrected chi connectivity index (χ2v) is 10.9. The molecule has 1 amide bonds. The summed E-state index contributed by atoms with van der Waals surface area (Å²) in [5, 5.41) is 4.49. The van der Waals surface area contributed by atoms with Crippen LogP contribution in [0.4, 0.5) is 5.69 Å². The third-order valence-electron chi connectivity index (χ3n) is 5.32. The van der Waals surface area contributed by atoms with Gasteiger partial charge in [0, 0.05) is 27.7 Å². The van der Waals surface area contributed by atoms with Gasteiger partial charge in [-0.2, -0.15) is 5.10 Å². The Bertz CT molecular complexity index is 1380. The maximum absolute atomic E-state index is 12.5. The highest BCUT2D eigenvalue weighted by Gasteiger charge is 2.23. The fourth-order valence-electron chi connectivity index (χ4n) is 3.74. The van der Waals surface area contributed by atoms with Crippen LogP contribution in [0.3, 0.4) is 0 Å². The van der Waals surface area contributed by atoms with E-state index in [1.807, 2.05) is 19.9 Å². The van der Waals surface area contributed by atoms with E-state index in [0.717, 1.165) is 38.8 Å². The fourth-order valence-corrected chi connectivity index (χ4v) is 5.04. The number of nitrogens with zero attached hydrogens (tertiary/aromatic N) is 3. The van der Waals surface area contributed by atoms with Crippen LogP contribution in [0, 0.1) is 27.7 Å². The first kappa shape index (κ1) is 25.8. The molecule has 0 aliphatic carbocycles. The average molecular weight is 521 g/mol. The van der Waals surface area contributed by atoms with Crippen molar-refractivity contribution in [2.45, 2.75) is 27.7 Å². The quantitative estimate of drug-likeness (QED) is 0.353. The van der Waals surface area contributed by atoms with E-state index in [0.29, 0.717) is 5.02 Å². The zero-order chi connectivity index (χ0) is 25.2. The number of carbonyl (C=O) groups excluding carboxylic acids is 1. The molecule has 1 aromatic heterocycles. The number of nitrogens with one attached hydrogen (secondary N) is 1. The minimum atomic E-state index is -3.80. The van der Waals surface area contributed by atoms with E-state index in [9.17, 15) is 13.2 Å². The molecule has 1 N–H and O–H groups in total. The van der Waals surface area contributed by atoms with Crippen LogP contribution in [0.15, 0.2) is 47.6 Å².